The average molecular weight is 295 g/mol. The Labute approximate surface area is 128 Å². The maximum Gasteiger partial charge on any atom is 0.231 e. The summed E-state index contributed by atoms with van der Waals surface area (Å²) in [5, 5.41) is 7.29. The molecule has 0 fully saturated rings. The van der Waals surface area contributed by atoms with Crippen molar-refractivity contribution in [2.75, 3.05) is 5.32 Å². The first-order valence-corrected chi connectivity index (χ1v) is 6.91. The lowest BCUT2D eigenvalue weighted by atomic mass is 10.0. The summed E-state index contributed by atoms with van der Waals surface area (Å²) in [4.78, 5) is 12.8. The van der Waals surface area contributed by atoms with Crippen molar-refractivity contribution in [2.45, 2.75) is 13.5 Å². The molecule has 3 aromatic rings. The summed E-state index contributed by atoms with van der Waals surface area (Å²) in [6, 6.07) is 7.85. The molecule has 0 radical (unpaired) electrons. The Kier molecular flexibility index (Phi) is 3.80. The monoisotopic (exact) mass is 295 g/mol. The predicted octanol–water partition coefficient (Wildman–Crippen LogP) is 1.78. The summed E-state index contributed by atoms with van der Waals surface area (Å²) in [7, 11) is 1.85. The van der Waals surface area contributed by atoms with E-state index in [-0.39, 0.29) is 0 Å². The molecule has 0 saturated carbocycles. The first kappa shape index (κ1) is 14.2. The van der Waals surface area contributed by atoms with Gasteiger partial charge in [0, 0.05) is 31.4 Å². The highest BCUT2D eigenvalue weighted by Gasteiger charge is 2.07. The fraction of sp³-hybridized carbons (Fsp3) is 0.200. The van der Waals surface area contributed by atoms with Gasteiger partial charge in [0.1, 0.15) is 6.33 Å². The van der Waals surface area contributed by atoms with E-state index < -0.39 is 0 Å². The molecular weight excluding hydrogens is 278 g/mol. The number of nitrogens with zero attached hydrogens (tertiary/aromatic N) is 5. The minimum Gasteiger partial charge on any atom is -0.326 e. The number of hydrogen-bond acceptors (Lipinski definition) is 6. The molecule has 0 amide bonds. The molecular formula is C15H17N7. The van der Waals surface area contributed by atoms with Gasteiger partial charge in [-0.3, -0.25) is 4.68 Å². The molecule has 0 aliphatic heterocycles. The van der Waals surface area contributed by atoms with Crippen molar-refractivity contribution in [3.8, 4) is 11.4 Å². The molecule has 7 heteroatoms. The predicted molar refractivity (Wildman–Crippen MR) is 84.4 cm³/mol. The minimum atomic E-state index is 0.462. The Morgan fingerprint density at radius 2 is 2.09 bits per heavy atom. The van der Waals surface area contributed by atoms with Crippen LogP contribution in [0.15, 0.2) is 36.8 Å². The van der Waals surface area contributed by atoms with Crippen LogP contribution in [0.3, 0.4) is 0 Å². The lowest BCUT2D eigenvalue weighted by Gasteiger charge is -2.07. The van der Waals surface area contributed by atoms with E-state index in [0.29, 0.717) is 24.1 Å². The highest BCUT2D eigenvalue weighted by atomic mass is 15.3. The Bertz CT molecular complexity index is 794. The van der Waals surface area contributed by atoms with Crippen molar-refractivity contribution < 1.29 is 0 Å². The van der Waals surface area contributed by atoms with Crippen LogP contribution in [0.5, 0.6) is 0 Å². The number of aromatic nitrogens is 5. The molecule has 7 nitrogen and oxygen atoms in total. The van der Waals surface area contributed by atoms with Crippen LogP contribution in [-0.4, -0.2) is 24.7 Å². The van der Waals surface area contributed by atoms with Crippen molar-refractivity contribution in [2.24, 2.45) is 12.8 Å². The zero-order valence-corrected chi connectivity index (χ0v) is 12.5. The maximum absolute atomic E-state index is 5.69. The van der Waals surface area contributed by atoms with Gasteiger partial charge in [0.2, 0.25) is 5.95 Å². The highest BCUT2D eigenvalue weighted by molar-refractivity contribution is 5.59. The fourth-order valence-electron chi connectivity index (χ4n) is 2.16. The van der Waals surface area contributed by atoms with Gasteiger partial charge >= 0.3 is 0 Å². The van der Waals surface area contributed by atoms with Crippen molar-refractivity contribution >= 4 is 11.8 Å². The molecule has 2 heterocycles. The molecule has 3 N–H and O–H groups in total. The third-order valence-electron chi connectivity index (χ3n) is 3.35. The molecule has 0 saturated heterocycles. The lowest BCUT2D eigenvalue weighted by Crippen LogP contribution is -2.02. The van der Waals surface area contributed by atoms with Crippen LogP contribution < -0.4 is 11.1 Å². The van der Waals surface area contributed by atoms with Crippen molar-refractivity contribution in [3.63, 3.8) is 0 Å². The lowest BCUT2D eigenvalue weighted by molar-refractivity contribution is 0.770. The number of nitrogens with two attached hydrogens (primary N) is 1. The van der Waals surface area contributed by atoms with Gasteiger partial charge in [0.15, 0.2) is 11.6 Å². The van der Waals surface area contributed by atoms with Crippen LogP contribution in [0.4, 0.5) is 11.8 Å². The van der Waals surface area contributed by atoms with Gasteiger partial charge in [-0.1, -0.05) is 12.1 Å². The quantitative estimate of drug-likeness (QED) is 0.762. The molecule has 2 aromatic heterocycles. The van der Waals surface area contributed by atoms with Crippen LogP contribution in [0.2, 0.25) is 0 Å². The summed E-state index contributed by atoms with van der Waals surface area (Å²) in [5.74, 6) is 1.76. The van der Waals surface area contributed by atoms with Crippen molar-refractivity contribution in [1.29, 1.82) is 0 Å². The molecule has 0 aliphatic carbocycles. The second-order valence-corrected chi connectivity index (χ2v) is 4.98. The largest absolute Gasteiger partial charge is 0.326 e. The smallest absolute Gasteiger partial charge is 0.231 e. The van der Waals surface area contributed by atoms with Gasteiger partial charge in [-0.25, -0.2) is 9.97 Å². The average Bonchev–Trinajstić information content (AvgIpc) is 2.92. The SMILES string of the molecule is Cc1cc(-c2ncnc(Nc3ccn(C)n3)n2)ccc1CN. The summed E-state index contributed by atoms with van der Waals surface area (Å²) >= 11 is 0. The van der Waals surface area contributed by atoms with E-state index in [0.717, 1.165) is 16.7 Å². The topological polar surface area (TPSA) is 94.5 Å². The van der Waals surface area contributed by atoms with Gasteiger partial charge in [-0.15, -0.1) is 0 Å². The molecule has 22 heavy (non-hydrogen) atoms. The molecule has 0 unspecified atom stereocenters. The second kappa shape index (κ2) is 5.90. The maximum atomic E-state index is 5.69. The fourth-order valence-corrected chi connectivity index (χ4v) is 2.16. The van der Waals surface area contributed by atoms with Crippen LogP contribution in [0, 0.1) is 6.92 Å². The second-order valence-electron chi connectivity index (χ2n) is 4.98. The molecule has 0 aliphatic rings. The van der Waals surface area contributed by atoms with Crippen molar-refractivity contribution in [3.05, 3.63) is 47.9 Å². The summed E-state index contributed by atoms with van der Waals surface area (Å²) in [6.45, 7) is 2.55. The number of nitrogens with one attached hydrogen (secondary N) is 1. The van der Waals surface area contributed by atoms with E-state index in [2.05, 4.69) is 25.4 Å². The van der Waals surface area contributed by atoms with Gasteiger partial charge in [0.05, 0.1) is 0 Å². The first-order chi connectivity index (χ1) is 10.7. The first-order valence-electron chi connectivity index (χ1n) is 6.91. The van der Waals surface area contributed by atoms with Crippen LogP contribution in [0.25, 0.3) is 11.4 Å². The van der Waals surface area contributed by atoms with E-state index in [1.807, 2.05) is 44.4 Å². The number of hydrogen-bond donors (Lipinski definition) is 2. The van der Waals surface area contributed by atoms with E-state index in [4.69, 9.17) is 5.73 Å². The number of anilines is 2. The van der Waals surface area contributed by atoms with E-state index in [1.54, 1.807) is 4.68 Å². The van der Waals surface area contributed by atoms with Gasteiger partial charge < -0.3 is 11.1 Å². The van der Waals surface area contributed by atoms with Crippen molar-refractivity contribution in [1.82, 2.24) is 24.7 Å². The third-order valence-corrected chi connectivity index (χ3v) is 3.35. The van der Waals surface area contributed by atoms with E-state index in [9.17, 15) is 0 Å². The summed E-state index contributed by atoms with van der Waals surface area (Å²) in [5.41, 5.74) is 8.86. The summed E-state index contributed by atoms with van der Waals surface area (Å²) in [6.07, 6.45) is 3.33. The minimum absolute atomic E-state index is 0.462. The van der Waals surface area contributed by atoms with Crippen LogP contribution >= 0.6 is 0 Å². The molecule has 3 rings (SSSR count). The third kappa shape index (κ3) is 2.94. The normalized spacial score (nSPS) is 10.7. The number of aryl methyl sites for hydroxylation is 2. The molecule has 0 bridgehead atoms. The number of benzene rings is 1. The molecule has 1 aromatic carbocycles. The van der Waals surface area contributed by atoms with Gasteiger partial charge in [0.25, 0.3) is 0 Å². The molecule has 112 valence electrons. The zero-order valence-electron chi connectivity index (χ0n) is 12.5. The molecule has 0 spiro atoms. The van der Waals surface area contributed by atoms with E-state index >= 15 is 0 Å². The number of rotatable bonds is 4. The van der Waals surface area contributed by atoms with Crippen LogP contribution in [0.1, 0.15) is 11.1 Å². The van der Waals surface area contributed by atoms with Crippen LogP contribution in [-0.2, 0) is 13.6 Å². The Morgan fingerprint density at radius 1 is 1.23 bits per heavy atom. The zero-order chi connectivity index (χ0) is 15.5. The van der Waals surface area contributed by atoms with Gasteiger partial charge in [-0.05, 0) is 24.1 Å². The highest BCUT2D eigenvalue weighted by Crippen LogP contribution is 2.20. The Morgan fingerprint density at radius 3 is 2.77 bits per heavy atom. The van der Waals surface area contributed by atoms with Gasteiger partial charge in [-0.2, -0.15) is 10.1 Å². The van der Waals surface area contributed by atoms with E-state index in [1.165, 1.54) is 6.33 Å². The Balaban J connectivity index is 1.89. The Hall–Kier alpha value is -2.80. The standard InChI is InChI=1S/C15H17N7/c1-10-7-11(3-4-12(10)8-16)14-17-9-18-15(20-14)19-13-5-6-22(2)21-13/h3-7,9H,8,16H2,1-2H3,(H,17,18,19,20,21). The summed E-state index contributed by atoms with van der Waals surface area (Å²) < 4.78 is 1.71. The molecule has 0 atom stereocenters.